The van der Waals surface area contributed by atoms with Crippen LogP contribution in [0.5, 0.6) is 0 Å². The fourth-order valence-electron chi connectivity index (χ4n) is 4.01. The maximum Gasteiger partial charge on any atom is 0.227 e. The molecule has 0 amide bonds. The van der Waals surface area contributed by atoms with E-state index in [2.05, 4.69) is 20.2 Å². The van der Waals surface area contributed by atoms with Crippen molar-refractivity contribution in [3.63, 3.8) is 0 Å². The Morgan fingerprint density at radius 2 is 2.03 bits per heavy atom. The molecule has 3 heterocycles. The van der Waals surface area contributed by atoms with Crippen LogP contribution >= 0.6 is 0 Å². The van der Waals surface area contributed by atoms with E-state index < -0.39 is 22.8 Å². The molecule has 1 saturated heterocycles. The van der Waals surface area contributed by atoms with E-state index in [4.69, 9.17) is 0 Å². The first kappa shape index (κ1) is 22.2. The lowest BCUT2D eigenvalue weighted by Crippen LogP contribution is -2.35. The van der Waals surface area contributed by atoms with Crippen molar-refractivity contribution in [2.24, 2.45) is 5.92 Å². The van der Waals surface area contributed by atoms with Crippen molar-refractivity contribution >= 4 is 22.9 Å². The van der Waals surface area contributed by atoms with Crippen LogP contribution in [-0.4, -0.2) is 50.6 Å². The maximum atomic E-state index is 14.0. The third-order valence-electron chi connectivity index (χ3n) is 6.03. The first-order valence-electron chi connectivity index (χ1n) is 10.7. The fraction of sp³-hybridized carbons (Fsp3) is 0.545. The van der Waals surface area contributed by atoms with Gasteiger partial charge in [0.05, 0.1) is 12.1 Å². The number of fused-ring (bicyclic) bond motifs is 1. The van der Waals surface area contributed by atoms with Gasteiger partial charge in [0.1, 0.15) is 23.1 Å². The zero-order chi connectivity index (χ0) is 22.0. The molecule has 1 aromatic heterocycles. The Bertz CT molecular complexity index is 909. The monoisotopic (exact) mass is 450 g/mol. The van der Waals surface area contributed by atoms with Crippen molar-refractivity contribution < 1.29 is 18.4 Å². The minimum atomic E-state index is -1.13. The highest BCUT2D eigenvalue weighted by atomic mass is 32.2. The molecule has 1 saturated carbocycles. The molecule has 9 heteroatoms. The largest absolute Gasteiger partial charge is 0.611 e. The molecule has 1 atom stereocenters. The number of anilines is 2. The molecule has 3 aliphatic rings. The molecule has 0 spiro atoms. The summed E-state index contributed by atoms with van der Waals surface area (Å²) in [6, 6.07) is 0. The van der Waals surface area contributed by atoms with Gasteiger partial charge in [-0.1, -0.05) is 6.08 Å². The number of rotatable bonds is 7. The Hall–Kier alpha value is -1.97. The third kappa shape index (κ3) is 5.10. The predicted octanol–water partition coefficient (Wildman–Crippen LogP) is 3.58. The van der Waals surface area contributed by atoms with Crippen LogP contribution in [-0.2, 0) is 17.6 Å². The number of hydrogen-bond donors (Lipinski definition) is 2. The zero-order valence-corrected chi connectivity index (χ0v) is 18.4. The van der Waals surface area contributed by atoms with Crippen LogP contribution in [0.25, 0.3) is 0 Å². The van der Waals surface area contributed by atoms with E-state index in [0.29, 0.717) is 54.8 Å². The zero-order valence-electron chi connectivity index (χ0n) is 17.6. The number of nitrogens with one attached hydrogen (secondary N) is 1. The molecule has 0 bridgehead atoms. The minimum absolute atomic E-state index is 0.0140. The molecule has 1 unspecified atom stereocenters. The summed E-state index contributed by atoms with van der Waals surface area (Å²) >= 11 is -1.13. The summed E-state index contributed by atoms with van der Waals surface area (Å²) in [6.45, 7) is 3.00. The maximum absolute atomic E-state index is 14.0. The van der Waals surface area contributed by atoms with E-state index in [1.807, 2.05) is 0 Å². The predicted molar refractivity (Wildman–Crippen MR) is 118 cm³/mol. The second-order valence-electron chi connectivity index (χ2n) is 8.42. The average Bonchev–Trinajstić information content (AvgIpc) is 3.42. The van der Waals surface area contributed by atoms with Crippen molar-refractivity contribution in [2.75, 3.05) is 35.7 Å². The first-order valence-corrected chi connectivity index (χ1v) is 12.1. The van der Waals surface area contributed by atoms with Crippen molar-refractivity contribution in [1.29, 1.82) is 0 Å². The van der Waals surface area contributed by atoms with Gasteiger partial charge in [-0.3, -0.25) is 0 Å². The lowest BCUT2D eigenvalue weighted by atomic mass is 9.96. The number of aryl methyl sites for hydroxylation is 1. The molecule has 2 N–H and O–H groups in total. The van der Waals surface area contributed by atoms with E-state index in [0.717, 1.165) is 24.6 Å². The SMILES string of the molecule is C\C=C/C(F)=C\C(F)=C\C1CCN(c2nc3c(c(NC4(CO)CC4)n2)[S+]([O-])CC3)CC1. The molecule has 31 heavy (non-hydrogen) atoms. The number of aliphatic hydroxyl groups excluding tert-OH is 1. The molecule has 2 aliphatic heterocycles. The number of allylic oxidation sites excluding steroid dienone is 6. The molecule has 1 aliphatic carbocycles. The van der Waals surface area contributed by atoms with Gasteiger partial charge in [-0.2, -0.15) is 4.98 Å². The number of nitrogens with zero attached hydrogens (tertiary/aromatic N) is 3. The summed E-state index contributed by atoms with van der Waals surface area (Å²) in [5.74, 6) is 0.549. The first-order chi connectivity index (χ1) is 14.9. The fourth-order valence-corrected chi connectivity index (χ4v) is 5.32. The summed E-state index contributed by atoms with van der Waals surface area (Å²) in [7, 11) is 0. The van der Waals surface area contributed by atoms with Gasteiger partial charge in [0.25, 0.3) is 0 Å². The second kappa shape index (κ2) is 9.26. The van der Waals surface area contributed by atoms with Crippen molar-refractivity contribution in [3.05, 3.63) is 41.7 Å². The minimum Gasteiger partial charge on any atom is -0.611 e. The third-order valence-corrected chi connectivity index (χ3v) is 7.49. The highest BCUT2D eigenvalue weighted by molar-refractivity contribution is 7.91. The van der Waals surface area contributed by atoms with E-state index in [-0.39, 0.29) is 18.1 Å². The van der Waals surface area contributed by atoms with Gasteiger partial charge >= 0.3 is 0 Å². The summed E-state index contributed by atoms with van der Waals surface area (Å²) < 4.78 is 39.9. The molecule has 1 aromatic rings. The standard InChI is InChI=1S/C22H28F2N4O2S/c1-2-3-16(23)13-17(24)12-15-4-9-28(10-5-15)21-25-18-6-11-31(30)19(18)20(26-21)27-22(14-29)7-8-22/h2-3,12-13,15,29H,4-11,14H2,1H3,(H,25,26,27)/b3-2-,16-13+,17-12-. The molecular formula is C22H28F2N4O2S. The van der Waals surface area contributed by atoms with E-state index >= 15 is 0 Å². The second-order valence-corrected chi connectivity index (χ2v) is 9.92. The quantitative estimate of drug-likeness (QED) is 0.488. The van der Waals surface area contributed by atoms with Gasteiger partial charge in [0, 0.05) is 25.6 Å². The Balaban J connectivity index is 1.47. The summed E-state index contributed by atoms with van der Waals surface area (Å²) in [5.41, 5.74) is 0.439. The molecule has 6 nitrogen and oxygen atoms in total. The normalized spacial score (nSPS) is 24.0. The average molecular weight is 451 g/mol. The molecule has 4 rings (SSSR count). The number of aliphatic hydroxyl groups is 1. The summed E-state index contributed by atoms with van der Waals surface area (Å²) in [6.07, 6.45) is 8.92. The van der Waals surface area contributed by atoms with Crippen LogP contribution in [0, 0.1) is 5.92 Å². The van der Waals surface area contributed by atoms with E-state index in [1.165, 1.54) is 18.2 Å². The Kier molecular flexibility index (Phi) is 6.64. The van der Waals surface area contributed by atoms with Crippen molar-refractivity contribution in [2.45, 2.75) is 49.5 Å². The molecule has 0 radical (unpaired) electrons. The van der Waals surface area contributed by atoms with Crippen LogP contribution in [0.2, 0.25) is 0 Å². The number of piperidine rings is 1. The Morgan fingerprint density at radius 1 is 1.29 bits per heavy atom. The molecular weight excluding hydrogens is 422 g/mol. The van der Waals surface area contributed by atoms with Gasteiger partial charge < -0.3 is 19.9 Å². The molecule has 168 valence electrons. The topological polar surface area (TPSA) is 84.3 Å². The van der Waals surface area contributed by atoms with Gasteiger partial charge in [-0.15, -0.1) is 0 Å². The lowest BCUT2D eigenvalue weighted by molar-refractivity contribution is 0.265. The summed E-state index contributed by atoms with van der Waals surface area (Å²) in [5, 5.41) is 13.0. The van der Waals surface area contributed by atoms with Gasteiger partial charge in [-0.25, -0.2) is 13.8 Å². The highest BCUT2D eigenvalue weighted by Gasteiger charge is 2.45. The van der Waals surface area contributed by atoms with Crippen LogP contribution in [0.1, 0.15) is 38.3 Å². The van der Waals surface area contributed by atoms with Gasteiger partial charge in [0.15, 0.2) is 5.82 Å². The van der Waals surface area contributed by atoms with Gasteiger partial charge in [-0.05, 0) is 61.9 Å². The van der Waals surface area contributed by atoms with Crippen molar-refractivity contribution in [1.82, 2.24) is 9.97 Å². The summed E-state index contributed by atoms with van der Waals surface area (Å²) in [4.78, 5) is 12.1. The lowest BCUT2D eigenvalue weighted by Gasteiger charge is -2.31. The Morgan fingerprint density at radius 3 is 2.68 bits per heavy atom. The van der Waals surface area contributed by atoms with Crippen LogP contribution in [0.15, 0.2) is 40.9 Å². The molecule has 0 aromatic carbocycles. The van der Waals surface area contributed by atoms with Crippen LogP contribution < -0.4 is 10.2 Å². The van der Waals surface area contributed by atoms with Crippen LogP contribution in [0.3, 0.4) is 0 Å². The number of halogens is 2. The van der Waals surface area contributed by atoms with E-state index in [1.54, 1.807) is 6.92 Å². The highest BCUT2D eigenvalue weighted by Crippen LogP contribution is 2.41. The smallest absolute Gasteiger partial charge is 0.227 e. The Labute approximate surface area is 184 Å². The van der Waals surface area contributed by atoms with Gasteiger partial charge in [0.2, 0.25) is 10.8 Å². The number of aromatic nitrogens is 2. The van der Waals surface area contributed by atoms with Crippen LogP contribution in [0.4, 0.5) is 20.5 Å². The van der Waals surface area contributed by atoms with E-state index in [9.17, 15) is 18.4 Å². The molecule has 2 fully saturated rings. The number of hydrogen-bond acceptors (Lipinski definition) is 6. The van der Waals surface area contributed by atoms with Crippen molar-refractivity contribution in [3.8, 4) is 0 Å².